The minimum atomic E-state index is -0.0638. The number of piperidine rings is 1. The Hall–Kier alpha value is -3.08. The third-order valence-electron chi connectivity index (χ3n) is 6.06. The summed E-state index contributed by atoms with van der Waals surface area (Å²) in [6.45, 7) is 3.29. The van der Waals surface area contributed by atoms with Crippen molar-refractivity contribution in [2.45, 2.75) is 38.7 Å². The molecule has 1 fully saturated rings. The van der Waals surface area contributed by atoms with Gasteiger partial charge in [0.1, 0.15) is 11.9 Å². The van der Waals surface area contributed by atoms with E-state index in [0.717, 1.165) is 25.0 Å². The molecule has 0 atom stereocenters. The monoisotopic (exact) mass is 404 g/mol. The van der Waals surface area contributed by atoms with Gasteiger partial charge in [0.2, 0.25) is 5.91 Å². The fourth-order valence-corrected chi connectivity index (χ4v) is 4.13. The van der Waals surface area contributed by atoms with E-state index in [2.05, 4.69) is 30.3 Å². The van der Waals surface area contributed by atoms with E-state index in [0.29, 0.717) is 25.3 Å². The molecule has 1 amide bonds. The van der Waals surface area contributed by atoms with Crippen LogP contribution in [-0.4, -0.2) is 34.6 Å². The van der Waals surface area contributed by atoms with Gasteiger partial charge >= 0.3 is 0 Å². The van der Waals surface area contributed by atoms with Crippen molar-refractivity contribution in [3.05, 3.63) is 76.2 Å². The maximum Gasteiger partial charge on any atom is 0.254 e. The molecule has 0 N–H and O–H groups in total. The summed E-state index contributed by atoms with van der Waals surface area (Å²) in [6.07, 6.45) is 2.89. The van der Waals surface area contributed by atoms with Crippen LogP contribution in [0.5, 0.6) is 5.75 Å². The third kappa shape index (κ3) is 4.40. The number of carbonyl (C=O) groups is 1. The van der Waals surface area contributed by atoms with Gasteiger partial charge in [0.15, 0.2) is 0 Å². The molecule has 1 aliphatic rings. The van der Waals surface area contributed by atoms with Crippen molar-refractivity contribution in [3.63, 3.8) is 0 Å². The van der Waals surface area contributed by atoms with E-state index in [-0.39, 0.29) is 17.6 Å². The lowest BCUT2D eigenvalue weighted by Gasteiger charge is -2.32. The van der Waals surface area contributed by atoms with Crippen LogP contribution in [0, 0.1) is 6.92 Å². The van der Waals surface area contributed by atoms with Gasteiger partial charge in [-0.25, -0.2) is 0 Å². The Morgan fingerprint density at radius 1 is 1.07 bits per heavy atom. The number of carbonyl (C=O) groups excluding carboxylic acids is 1. The highest BCUT2D eigenvalue weighted by Crippen LogP contribution is 2.22. The standard InChI is InChI=1S/C25H28N2O3/c1-18-16-22(17-25(29)26(18)2)30-21-12-14-27(15-13-21)24(28)11-10-20-8-5-7-19-6-3-4-9-23(19)20/h3-9,16-17,21H,10-15H2,1-2H3. The zero-order chi connectivity index (χ0) is 21.1. The number of hydrogen-bond acceptors (Lipinski definition) is 3. The van der Waals surface area contributed by atoms with E-state index in [1.165, 1.54) is 22.4 Å². The first kappa shape index (κ1) is 20.2. The summed E-state index contributed by atoms with van der Waals surface area (Å²) in [5, 5.41) is 2.44. The fraction of sp³-hybridized carbons (Fsp3) is 0.360. The van der Waals surface area contributed by atoms with Crippen molar-refractivity contribution in [2.24, 2.45) is 7.05 Å². The Balaban J connectivity index is 1.31. The number of aryl methyl sites for hydroxylation is 2. The van der Waals surface area contributed by atoms with Crippen molar-refractivity contribution in [1.29, 1.82) is 0 Å². The van der Waals surface area contributed by atoms with Gasteiger partial charge in [-0.2, -0.15) is 0 Å². The zero-order valence-electron chi connectivity index (χ0n) is 17.6. The van der Waals surface area contributed by atoms with Crippen molar-refractivity contribution >= 4 is 16.7 Å². The van der Waals surface area contributed by atoms with Crippen molar-refractivity contribution < 1.29 is 9.53 Å². The molecule has 3 aromatic rings. The lowest BCUT2D eigenvalue weighted by atomic mass is 10.00. The van der Waals surface area contributed by atoms with E-state index in [1.807, 2.05) is 30.0 Å². The average Bonchev–Trinajstić information content (AvgIpc) is 2.76. The van der Waals surface area contributed by atoms with Crippen LogP contribution >= 0.6 is 0 Å². The van der Waals surface area contributed by atoms with E-state index in [9.17, 15) is 9.59 Å². The van der Waals surface area contributed by atoms with Crippen molar-refractivity contribution in [2.75, 3.05) is 13.1 Å². The van der Waals surface area contributed by atoms with Crippen LogP contribution in [0.3, 0.4) is 0 Å². The summed E-state index contributed by atoms with van der Waals surface area (Å²) < 4.78 is 7.63. The van der Waals surface area contributed by atoms with Crippen LogP contribution in [0.4, 0.5) is 0 Å². The van der Waals surface area contributed by atoms with E-state index < -0.39 is 0 Å². The number of fused-ring (bicyclic) bond motifs is 1. The molecule has 156 valence electrons. The first-order valence-electron chi connectivity index (χ1n) is 10.6. The van der Waals surface area contributed by atoms with Gasteiger partial charge in [0.05, 0.1) is 0 Å². The highest BCUT2D eigenvalue weighted by atomic mass is 16.5. The SMILES string of the molecule is Cc1cc(OC2CCN(C(=O)CCc3cccc4ccccc34)CC2)cc(=O)n1C. The Bertz CT molecular complexity index is 1110. The Kier molecular flexibility index (Phi) is 5.88. The minimum Gasteiger partial charge on any atom is -0.490 e. The second-order valence-electron chi connectivity index (χ2n) is 8.07. The van der Waals surface area contributed by atoms with Gasteiger partial charge < -0.3 is 14.2 Å². The summed E-state index contributed by atoms with van der Waals surface area (Å²) in [7, 11) is 1.75. The zero-order valence-corrected chi connectivity index (χ0v) is 17.6. The van der Waals surface area contributed by atoms with Gasteiger partial charge in [-0.1, -0.05) is 42.5 Å². The number of rotatable bonds is 5. The van der Waals surface area contributed by atoms with Gasteiger partial charge in [-0.15, -0.1) is 0 Å². The number of amides is 1. The summed E-state index contributed by atoms with van der Waals surface area (Å²) in [5.74, 6) is 0.821. The molecule has 2 aromatic carbocycles. The highest BCUT2D eigenvalue weighted by Gasteiger charge is 2.24. The molecule has 4 rings (SSSR count). The third-order valence-corrected chi connectivity index (χ3v) is 6.06. The Labute approximate surface area is 176 Å². The van der Waals surface area contributed by atoms with Crippen molar-refractivity contribution in [3.8, 4) is 5.75 Å². The second-order valence-corrected chi connectivity index (χ2v) is 8.07. The molecule has 5 heteroatoms. The molecular formula is C25H28N2O3. The lowest BCUT2D eigenvalue weighted by molar-refractivity contribution is -0.132. The normalized spacial score (nSPS) is 14.8. The molecule has 30 heavy (non-hydrogen) atoms. The maximum atomic E-state index is 12.7. The first-order valence-corrected chi connectivity index (χ1v) is 10.6. The molecule has 0 aliphatic carbocycles. The molecular weight excluding hydrogens is 376 g/mol. The van der Waals surface area contributed by atoms with E-state index in [1.54, 1.807) is 11.6 Å². The molecule has 0 bridgehead atoms. The first-order chi connectivity index (χ1) is 14.5. The lowest BCUT2D eigenvalue weighted by Crippen LogP contribution is -2.42. The van der Waals surface area contributed by atoms with Gasteiger partial charge in [0.25, 0.3) is 5.56 Å². The predicted molar refractivity (Wildman–Crippen MR) is 119 cm³/mol. The van der Waals surface area contributed by atoms with E-state index >= 15 is 0 Å². The molecule has 1 aromatic heterocycles. The molecule has 0 saturated carbocycles. The summed E-state index contributed by atoms with van der Waals surface area (Å²) in [6, 6.07) is 18.0. The largest absolute Gasteiger partial charge is 0.490 e. The number of aromatic nitrogens is 1. The van der Waals surface area contributed by atoms with Crippen LogP contribution in [0.25, 0.3) is 10.8 Å². The average molecular weight is 405 g/mol. The number of benzene rings is 2. The highest BCUT2D eigenvalue weighted by molar-refractivity contribution is 5.86. The quantitative estimate of drug-likeness (QED) is 0.649. The number of pyridine rings is 1. The van der Waals surface area contributed by atoms with Gasteiger partial charge in [-0.05, 0) is 35.7 Å². The maximum absolute atomic E-state index is 12.7. The Morgan fingerprint density at radius 3 is 2.57 bits per heavy atom. The molecule has 5 nitrogen and oxygen atoms in total. The van der Waals surface area contributed by atoms with Crippen LogP contribution in [-0.2, 0) is 18.3 Å². The molecule has 2 heterocycles. The molecule has 0 radical (unpaired) electrons. The summed E-state index contributed by atoms with van der Waals surface area (Å²) >= 11 is 0. The number of ether oxygens (including phenoxy) is 1. The number of nitrogens with zero attached hydrogens (tertiary/aromatic N) is 2. The fourth-order valence-electron chi connectivity index (χ4n) is 4.13. The molecule has 1 aliphatic heterocycles. The van der Waals surface area contributed by atoms with Gasteiger partial charge in [-0.3, -0.25) is 9.59 Å². The van der Waals surface area contributed by atoms with Crippen LogP contribution in [0.2, 0.25) is 0 Å². The van der Waals surface area contributed by atoms with Crippen LogP contribution in [0.15, 0.2) is 59.4 Å². The molecule has 0 spiro atoms. The summed E-state index contributed by atoms with van der Waals surface area (Å²) in [5.41, 5.74) is 2.03. The van der Waals surface area contributed by atoms with Crippen LogP contribution in [0.1, 0.15) is 30.5 Å². The molecule has 0 unspecified atom stereocenters. The van der Waals surface area contributed by atoms with Crippen LogP contribution < -0.4 is 10.3 Å². The predicted octanol–water partition coefficient (Wildman–Crippen LogP) is 3.85. The number of hydrogen-bond donors (Lipinski definition) is 0. The van der Waals surface area contributed by atoms with E-state index in [4.69, 9.17) is 4.74 Å². The number of likely N-dealkylation sites (tertiary alicyclic amines) is 1. The van der Waals surface area contributed by atoms with Gasteiger partial charge in [0, 0.05) is 51.2 Å². The minimum absolute atomic E-state index is 0.0404. The summed E-state index contributed by atoms with van der Waals surface area (Å²) in [4.78, 5) is 26.6. The Morgan fingerprint density at radius 2 is 1.80 bits per heavy atom. The second kappa shape index (κ2) is 8.74. The smallest absolute Gasteiger partial charge is 0.254 e. The molecule has 1 saturated heterocycles. The topological polar surface area (TPSA) is 51.5 Å². The van der Waals surface area contributed by atoms with Crippen molar-refractivity contribution in [1.82, 2.24) is 9.47 Å².